The molecule has 0 radical (unpaired) electrons. The Morgan fingerprint density at radius 3 is 2.70 bits per heavy atom. The first-order chi connectivity index (χ1) is 9.45. The molecule has 20 heavy (non-hydrogen) atoms. The van der Waals surface area contributed by atoms with Crippen molar-refractivity contribution in [1.29, 1.82) is 0 Å². The average Bonchev–Trinajstić information content (AvgIpc) is 2.65. The Bertz CT molecular complexity index is 624. The molecule has 0 aliphatic heterocycles. The molecule has 0 amide bonds. The van der Waals surface area contributed by atoms with Crippen LogP contribution in [0.1, 0.15) is 28.6 Å². The highest BCUT2D eigenvalue weighted by Gasteiger charge is 2.20. The Morgan fingerprint density at radius 2 is 2.15 bits per heavy atom. The largest absolute Gasteiger partial charge is 0.271 e. The summed E-state index contributed by atoms with van der Waals surface area (Å²) in [6.45, 7) is 3.67. The first kappa shape index (κ1) is 15.2. The average molecular weight is 341 g/mol. The molecule has 0 bridgehead atoms. The summed E-state index contributed by atoms with van der Waals surface area (Å²) in [7, 11) is 1.87. The van der Waals surface area contributed by atoms with Crippen molar-refractivity contribution in [1.82, 2.24) is 15.2 Å². The number of aromatic nitrogens is 2. The zero-order valence-corrected chi connectivity index (χ0v) is 13.3. The molecule has 3 N–H and O–H groups in total. The molecule has 1 unspecified atom stereocenters. The number of rotatable bonds is 4. The second-order valence-corrected chi connectivity index (χ2v) is 5.66. The Morgan fingerprint density at radius 1 is 1.45 bits per heavy atom. The van der Waals surface area contributed by atoms with Crippen LogP contribution in [-0.4, -0.2) is 9.78 Å². The zero-order chi connectivity index (χ0) is 14.9. The lowest BCUT2D eigenvalue weighted by molar-refractivity contribution is 0.494. The van der Waals surface area contributed by atoms with E-state index in [1.165, 1.54) is 0 Å². The van der Waals surface area contributed by atoms with Gasteiger partial charge in [-0.1, -0.05) is 18.2 Å². The summed E-state index contributed by atoms with van der Waals surface area (Å²) in [5.41, 5.74) is 5.76. The maximum Gasteiger partial charge on any atom is 0.130 e. The molecule has 0 fully saturated rings. The molecule has 0 aliphatic rings. The van der Waals surface area contributed by atoms with Crippen LogP contribution in [0.3, 0.4) is 0 Å². The summed E-state index contributed by atoms with van der Waals surface area (Å²) in [5, 5.41) is 4.34. The van der Waals surface area contributed by atoms with Gasteiger partial charge in [0.2, 0.25) is 0 Å². The van der Waals surface area contributed by atoms with Gasteiger partial charge in [-0.25, -0.2) is 4.39 Å². The molecule has 108 valence electrons. The number of aryl methyl sites for hydroxylation is 3. The Labute approximate surface area is 126 Å². The van der Waals surface area contributed by atoms with E-state index in [0.717, 1.165) is 15.9 Å². The lowest BCUT2D eigenvalue weighted by Gasteiger charge is -2.18. The first-order valence-corrected chi connectivity index (χ1v) is 7.14. The van der Waals surface area contributed by atoms with E-state index in [2.05, 4.69) is 26.5 Å². The van der Waals surface area contributed by atoms with Crippen LogP contribution in [0.15, 0.2) is 22.7 Å². The van der Waals surface area contributed by atoms with Crippen molar-refractivity contribution in [2.24, 2.45) is 12.9 Å². The Kier molecular flexibility index (Phi) is 4.57. The molecular formula is C14H18BrFN4. The molecule has 0 saturated heterocycles. The molecule has 4 nitrogen and oxygen atoms in total. The summed E-state index contributed by atoms with van der Waals surface area (Å²) in [6.07, 6.45) is 0.550. The predicted molar refractivity (Wildman–Crippen MR) is 80.6 cm³/mol. The topological polar surface area (TPSA) is 55.9 Å². The SMILES string of the molecule is Cc1cccc(C(Cc2c(Br)c(C)nn2C)NN)c1F. The summed E-state index contributed by atoms with van der Waals surface area (Å²) in [6, 6.07) is 5.03. The fourth-order valence-corrected chi connectivity index (χ4v) is 2.79. The number of hydrogen-bond donors (Lipinski definition) is 2. The van der Waals surface area contributed by atoms with E-state index < -0.39 is 0 Å². The summed E-state index contributed by atoms with van der Waals surface area (Å²) in [4.78, 5) is 0. The number of hydrogen-bond acceptors (Lipinski definition) is 3. The number of nitrogens with zero attached hydrogens (tertiary/aromatic N) is 2. The predicted octanol–water partition coefficient (Wildman–Crippen LogP) is 2.69. The number of benzene rings is 1. The van der Waals surface area contributed by atoms with Crippen molar-refractivity contribution in [2.75, 3.05) is 0 Å². The first-order valence-electron chi connectivity index (χ1n) is 6.34. The summed E-state index contributed by atoms with van der Waals surface area (Å²) in [5.74, 6) is 5.40. The van der Waals surface area contributed by atoms with E-state index in [0.29, 0.717) is 17.5 Å². The minimum absolute atomic E-state index is 0.217. The van der Waals surface area contributed by atoms with E-state index >= 15 is 0 Å². The number of nitrogens with two attached hydrogens (primary N) is 1. The molecule has 0 spiro atoms. The molecule has 2 aromatic rings. The van der Waals surface area contributed by atoms with E-state index in [-0.39, 0.29) is 11.9 Å². The summed E-state index contributed by atoms with van der Waals surface area (Å²) >= 11 is 3.52. The maximum atomic E-state index is 14.2. The number of hydrazine groups is 1. The van der Waals surface area contributed by atoms with Gasteiger partial charge < -0.3 is 0 Å². The standard InChI is InChI=1S/C14H18BrFN4/c1-8-5-4-6-10(14(8)16)11(18-17)7-12-13(15)9(2)19-20(12)3/h4-6,11,18H,7,17H2,1-3H3. The second kappa shape index (κ2) is 6.03. The van der Waals surface area contributed by atoms with Crippen molar-refractivity contribution in [3.63, 3.8) is 0 Å². The minimum atomic E-state index is -0.305. The smallest absolute Gasteiger partial charge is 0.130 e. The van der Waals surface area contributed by atoms with Crippen LogP contribution >= 0.6 is 15.9 Å². The second-order valence-electron chi connectivity index (χ2n) is 4.87. The number of nitrogens with one attached hydrogen (secondary N) is 1. The van der Waals surface area contributed by atoms with Gasteiger partial charge in [0.1, 0.15) is 5.82 Å². The lowest BCUT2D eigenvalue weighted by atomic mass is 9.99. The Balaban J connectivity index is 2.36. The van der Waals surface area contributed by atoms with Crippen molar-refractivity contribution >= 4 is 15.9 Å². The highest BCUT2D eigenvalue weighted by Crippen LogP contribution is 2.27. The van der Waals surface area contributed by atoms with E-state index in [1.54, 1.807) is 23.7 Å². The third-order valence-corrected chi connectivity index (χ3v) is 4.49. The molecule has 0 saturated carbocycles. The highest BCUT2D eigenvalue weighted by atomic mass is 79.9. The van der Waals surface area contributed by atoms with Crippen LogP contribution in [0.2, 0.25) is 0 Å². The lowest BCUT2D eigenvalue weighted by Crippen LogP contribution is -2.31. The molecule has 6 heteroatoms. The van der Waals surface area contributed by atoms with Crippen LogP contribution in [0.25, 0.3) is 0 Å². The van der Waals surface area contributed by atoms with Crippen molar-refractivity contribution in [3.8, 4) is 0 Å². The normalized spacial score (nSPS) is 12.7. The number of halogens is 2. The molecule has 0 aliphatic carbocycles. The van der Waals surface area contributed by atoms with Gasteiger partial charge in [0, 0.05) is 19.0 Å². The van der Waals surface area contributed by atoms with Gasteiger partial charge in [-0.15, -0.1) is 0 Å². The van der Waals surface area contributed by atoms with Crippen LogP contribution in [-0.2, 0) is 13.5 Å². The molecular weight excluding hydrogens is 323 g/mol. The van der Waals surface area contributed by atoms with E-state index in [1.807, 2.05) is 20.0 Å². The minimum Gasteiger partial charge on any atom is -0.271 e. The third kappa shape index (κ3) is 2.77. The van der Waals surface area contributed by atoms with Gasteiger partial charge in [0.25, 0.3) is 0 Å². The summed E-state index contributed by atoms with van der Waals surface area (Å²) < 4.78 is 16.9. The van der Waals surface area contributed by atoms with Gasteiger partial charge in [0.15, 0.2) is 0 Å². The van der Waals surface area contributed by atoms with E-state index in [9.17, 15) is 4.39 Å². The highest BCUT2D eigenvalue weighted by molar-refractivity contribution is 9.10. The molecule has 1 atom stereocenters. The molecule has 1 aromatic carbocycles. The van der Waals surface area contributed by atoms with Crippen LogP contribution in [0.5, 0.6) is 0 Å². The van der Waals surface area contributed by atoms with Crippen LogP contribution in [0, 0.1) is 19.7 Å². The van der Waals surface area contributed by atoms with Crippen LogP contribution in [0.4, 0.5) is 4.39 Å². The van der Waals surface area contributed by atoms with Gasteiger partial charge in [0.05, 0.1) is 21.9 Å². The quantitative estimate of drug-likeness (QED) is 0.664. The van der Waals surface area contributed by atoms with E-state index in [4.69, 9.17) is 5.84 Å². The Hall–Kier alpha value is -1.24. The van der Waals surface area contributed by atoms with Crippen LogP contribution < -0.4 is 11.3 Å². The van der Waals surface area contributed by atoms with Crippen molar-refractivity contribution in [2.45, 2.75) is 26.3 Å². The maximum absolute atomic E-state index is 14.2. The van der Waals surface area contributed by atoms with Gasteiger partial charge in [-0.05, 0) is 35.3 Å². The zero-order valence-electron chi connectivity index (χ0n) is 11.7. The van der Waals surface area contributed by atoms with Crippen molar-refractivity contribution in [3.05, 3.63) is 51.0 Å². The molecule has 1 heterocycles. The fourth-order valence-electron chi connectivity index (χ4n) is 2.29. The molecule has 2 rings (SSSR count). The van der Waals surface area contributed by atoms with Gasteiger partial charge in [-0.2, -0.15) is 5.10 Å². The third-order valence-electron chi connectivity index (χ3n) is 3.46. The van der Waals surface area contributed by atoms with Crippen molar-refractivity contribution < 1.29 is 4.39 Å². The fraction of sp³-hybridized carbons (Fsp3) is 0.357. The van der Waals surface area contributed by atoms with Gasteiger partial charge in [-0.3, -0.25) is 16.0 Å². The monoisotopic (exact) mass is 340 g/mol. The van der Waals surface area contributed by atoms with Gasteiger partial charge >= 0.3 is 0 Å². The molecule has 1 aromatic heterocycles.